The number of rotatable bonds is 4. The summed E-state index contributed by atoms with van der Waals surface area (Å²) in [4.78, 5) is 120. The third kappa shape index (κ3) is 16.2. The van der Waals surface area contributed by atoms with Gasteiger partial charge in [-0.05, 0) is 61.5 Å². The van der Waals surface area contributed by atoms with Crippen molar-refractivity contribution in [2.24, 2.45) is 0 Å². The Labute approximate surface area is 471 Å². The van der Waals surface area contributed by atoms with E-state index in [2.05, 4.69) is 47.4 Å². The molecule has 4 aromatic carbocycles. The molecule has 12 bridgehead atoms. The number of ether oxygens (including phenoxy) is 4. The molecule has 8 amide bonds. The second kappa shape index (κ2) is 30.3. The fourth-order valence-corrected chi connectivity index (χ4v) is 9.92. The number of amides is 8. The van der Waals surface area contributed by atoms with Crippen LogP contribution in [0.15, 0.2) is 72.8 Å². The number of benzene rings is 4. The molecule has 3 aliphatic rings. The van der Waals surface area contributed by atoms with Crippen molar-refractivity contribution in [3.05, 3.63) is 117 Å². The molecule has 81 heavy (non-hydrogen) atoms. The number of carbonyl (C=O) groups is 8. The number of para-hydroxylation sites is 4. The first-order chi connectivity index (χ1) is 39.3. The quantitative estimate of drug-likeness (QED) is 0.136. The zero-order chi connectivity index (χ0) is 57.7. The molecule has 0 radical (unpaired) electrons. The molecule has 3 aliphatic heterocycles. The van der Waals surface area contributed by atoms with Gasteiger partial charge in [-0.25, -0.2) is 0 Å². The third-order valence-corrected chi connectivity index (χ3v) is 14.2. The van der Waals surface area contributed by atoms with Gasteiger partial charge >= 0.3 is 0 Å². The molecule has 24 heteroatoms. The van der Waals surface area contributed by atoms with Crippen molar-refractivity contribution in [3.63, 3.8) is 0 Å². The van der Waals surface area contributed by atoms with E-state index in [1.807, 2.05) is 14.7 Å². The number of methoxy groups -OCH3 is 4. The largest absolute Gasteiger partial charge is 0.495 e. The monoisotopic (exact) mass is 1120 g/mol. The predicted octanol–water partition coefficient (Wildman–Crippen LogP) is 0.299. The molecule has 4 aromatic rings. The van der Waals surface area contributed by atoms with Crippen molar-refractivity contribution >= 4 is 47.3 Å². The molecular weight excluding hydrogens is 1040 g/mol. The van der Waals surface area contributed by atoms with Gasteiger partial charge in [0, 0.05) is 124 Å². The molecule has 0 aromatic heterocycles. The van der Waals surface area contributed by atoms with Crippen LogP contribution in [-0.2, 0) is 0 Å². The Morgan fingerprint density at radius 2 is 0.432 bits per heavy atom. The van der Waals surface area contributed by atoms with Gasteiger partial charge in [-0.1, -0.05) is 24.3 Å². The van der Waals surface area contributed by atoms with Crippen molar-refractivity contribution in [1.82, 2.24) is 62.1 Å². The Bertz CT molecular complexity index is 2810. The Balaban J connectivity index is 1.30. The molecule has 0 fully saturated rings. The molecular formula is C57H74N12O12. The van der Waals surface area contributed by atoms with Crippen LogP contribution in [0.1, 0.15) is 89.3 Å². The highest BCUT2D eigenvalue weighted by atomic mass is 16.5. The van der Waals surface area contributed by atoms with Gasteiger partial charge in [0.05, 0.1) is 72.9 Å². The first-order valence-electron chi connectivity index (χ1n) is 27.2. The van der Waals surface area contributed by atoms with Crippen molar-refractivity contribution in [2.75, 3.05) is 159 Å². The zero-order valence-corrected chi connectivity index (χ0v) is 46.5. The van der Waals surface area contributed by atoms with Crippen LogP contribution in [-0.4, -0.2) is 226 Å². The Hall–Kier alpha value is -8.32. The van der Waals surface area contributed by atoms with Crippen molar-refractivity contribution < 1.29 is 57.3 Å². The lowest BCUT2D eigenvalue weighted by molar-refractivity contribution is 0.0912. The molecule has 0 saturated carbocycles. The number of nitrogens with one attached hydrogen (secondary N) is 8. The van der Waals surface area contributed by atoms with Gasteiger partial charge in [0.2, 0.25) is 0 Å². The van der Waals surface area contributed by atoms with Gasteiger partial charge in [-0.15, -0.1) is 0 Å². The molecule has 0 saturated heterocycles. The molecule has 0 spiro atoms. The molecule has 3 heterocycles. The van der Waals surface area contributed by atoms with Crippen molar-refractivity contribution in [1.29, 1.82) is 0 Å². The fraction of sp³-hybridized carbons (Fsp3) is 0.439. The number of hydrogen-bond acceptors (Lipinski definition) is 16. The molecule has 434 valence electrons. The molecule has 24 nitrogen and oxygen atoms in total. The molecule has 8 N–H and O–H groups in total. The summed E-state index contributed by atoms with van der Waals surface area (Å²) in [6, 6.07) is 19.1. The minimum atomic E-state index is -0.471. The first-order valence-corrected chi connectivity index (χ1v) is 27.2. The summed E-state index contributed by atoms with van der Waals surface area (Å²) in [5.74, 6) is -3.29. The van der Waals surface area contributed by atoms with Gasteiger partial charge in [-0.3, -0.25) is 53.1 Å². The van der Waals surface area contributed by atoms with E-state index in [0.717, 1.165) is 0 Å². The van der Waals surface area contributed by atoms with Gasteiger partial charge < -0.3 is 66.4 Å². The third-order valence-electron chi connectivity index (χ3n) is 14.2. The van der Waals surface area contributed by atoms with E-state index in [0.29, 0.717) is 58.8 Å². The first kappa shape index (κ1) is 60.3. The maximum Gasteiger partial charge on any atom is 0.255 e. The van der Waals surface area contributed by atoms with E-state index in [-0.39, 0.29) is 146 Å². The number of carbonyl (C=O) groups excluding carboxylic acids is 8. The minimum Gasteiger partial charge on any atom is -0.495 e. The summed E-state index contributed by atoms with van der Waals surface area (Å²) in [6.07, 6.45) is 0.464. The lowest BCUT2D eigenvalue weighted by Crippen LogP contribution is -2.46. The van der Waals surface area contributed by atoms with Crippen LogP contribution < -0.4 is 61.5 Å². The number of hydrogen-bond donors (Lipinski definition) is 8. The summed E-state index contributed by atoms with van der Waals surface area (Å²) < 4.78 is 22.8. The van der Waals surface area contributed by atoms with Gasteiger partial charge in [0.1, 0.15) is 23.0 Å². The Morgan fingerprint density at radius 1 is 0.259 bits per heavy atom. The highest BCUT2D eigenvalue weighted by Gasteiger charge is 2.26. The highest BCUT2D eigenvalue weighted by molar-refractivity contribution is 6.07. The number of fused-ring (bicyclic) bond motifs is 20. The fourth-order valence-electron chi connectivity index (χ4n) is 9.92. The van der Waals surface area contributed by atoms with E-state index in [9.17, 15) is 38.4 Å². The summed E-state index contributed by atoms with van der Waals surface area (Å²) in [5.41, 5.74) is 1.29. The SMILES string of the molecule is COc1c2cccc1C(=O)NCCN1CCNC(=O)c3cccc(c3OC)C(=O)NCCN(CCCNC2=O)CCN2CCNC(=O)c3cccc(c3OC)C(=O)NCCN(CCNC(=O)c3cccc(c3OC)C(=O)NCC2)CC1. The molecule has 2 atom stereocenters. The average molecular weight is 1120 g/mol. The van der Waals surface area contributed by atoms with Gasteiger partial charge in [0.25, 0.3) is 47.3 Å². The summed E-state index contributed by atoms with van der Waals surface area (Å²) in [7, 11) is 5.58. The smallest absolute Gasteiger partial charge is 0.255 e. The molecule has 2 unspecified atom stereocenters. The second-order valence-corrected chi connectivity index (χ2v) is 19.3. The second-order valence-electron chi connectivity index (χ2n) is 19.3. The van der Waals surface area contributed by atoms with E-state index < -0.39 is 47.3 Å². The lowest BCUT2D eigenvalue weighted by atomic mass is 10.1. The standard InChI is InChI=1S/C57H74N12O12/c1-78-46-38-10-5-11-39(46)52(72)62-22-30-68-31-23-63-55(75)41-13-6-12-40(47(41)79-2)51(71)59-19-27-66(26-9-18-58-50(38)70)34-35-67-28-20-60-53(73)42-14-7-16-44(48(42)80-3)56(76)64-24-32-69(37-36-68)33-25-65-57(77)45-17-8-15-43(49(45)81-4)54(74)61-21-29-67/h5-8,10-17H,9,18-37H2,1-4H3,(H,58,70)(H,59,71)(H,60,73)(H,61,74)(H,62,72)(H,63,75)(H,64,76)(H,65,77). The van der Waals surface area contributed by atoms with Crippen LogP contribution >= 0.6 is 0 Å². The lowest BCUT2D eigenvalue weighted by Gasteiger charge is -2.28. The topological polar surface area (TPSA) is 283 Å². The normalized spacial score (nSPS) is 21.3. The summed E-state index contributed by atoms with van der Waals surface area (Å²) >= 11 is 0. The Morgan fingerprint density at radius 3 is 0.617 bits per heavy atom. The van der Waals surface area contributed by atoms with Crippen LogP contribution in [0.25, 0.3) is 0 Å². The van der Waals surface area contributed by atoms with Crippen LogP contribution in [0.3, 0.4) is 0 Å². The van der Waals surface area contributed by atoms with Crippen LogP contribution in [0.2, 0.25) is 0 Å². The molecule has 7 rings (SSSR count). The van der Waals surface area contributed by atoms with Crippen LogP contribution in [0.4, 0.5) is 0 Å². The predicted molar refractivity (Wildman–Crippen MR) is 301 cm³/mol. The van der Waals surface area contributed by atoms with E-state index >= 15 is 0 Å². The van der Waals surface area contributed by atoms with Crippen molar-refractivity contribution in [2.45, 2.75) is 6.42 Å². The maximum atomic E-state index is 14.0. The average Bonchev–Trinajstić information content (AvgIpc) is 3.50. The Kier molecular flexibility index (Phi) is 22.6. The minimum absolute atomic E-state index is 0.0973. The van der Waals surface area contributed by atoms with Gasteiger partial charge in [-0.2, -0.15) is 0 Å². The van der Waals surface area contributed by atoms with Crippen molar-refractivity contribution in [3.8, 4) is 23.0 Å². The van der Waals surface area contributed by atoms with Crippen LogP contribution in [0.5, 0.6) is 23.0 Å². The zero-order valence-electron chi connectivity index (χ0n) is 46.5. The number of nitrogens with zero attached hydrogens (tertiary/aromatic N) is 4. The maximum absolute atomic E-state index is 14.0. The molecule has 0 aliphatic carbocycles. The van der Waals surface area contributed by atoms with E-state index in [4.69, 9.17) is 18.9 Å². The highest BCUT2D eigenvalue weighted by Crippen LogP contribution is 2.27. The van der Waals surface area contributed by atoms with E-state index in [1.54, 1.807) is 72.8 Å². The summed E-state index contributed by atoms with van der Waals surface area (Å²) in [5, 5.41) is 23.8. The van der Waals surface area contributed by atoms with Crippen LogP contribution in [0, 0.1) is 0 Å². The summed E-state index contributed by atoms with van der Waals surface area (Å²) in [6.45, 7) is 5.32. The van der Waals surface area contributed by atoms with E-state index in [1.165, 1.54) is 28.4 Å². The van der Waals surface area contributed by atoms with Gasteiger partial charge in [0.15, 0.2) is 0 Å².